The number of nitrogens with one attached hydrogen (secondary N) is 1. The Morgan fingerprint density at radius 2 is 1.87 bits per heavy atom. The van der Waals surface area contributed by atoms with Crippen LogP contribution in [0, 0.1) is 5.92 Å². The van der Waals surface area contributed by atoms with Crippen molar-refractivity contribution < 1.29 is 23.8 Å². The second-order valence-corrected chi connectivity index (χ2v) is 8.81. The van der Waals surface area contributed by atoms with E-state index in [1.807, 2.05) is 58.0 Å². The summed E-state index contributed by atoms with van der Waals surface area (Å²) in [5.41, 5.74) is 0.569. The fourth-order valence-electron chi connectivity index (χ4n) is 3.82. The van der Waals surface area contributed by atoms with Crippen LogP contribution in [0.3, 0.4) is 0 Å². The first-order valence-electron chi connectivity index (χ1n) is 10.5. The van der Waals surface area contributed by atoms with Gasteiger partial charge in [0.1, 0.15) is 5.60 Å². The van der Waals surface area contributed by atoms with E-state index in [-0.39, 0.29) is 18.1 Å². The van der Waals surface area contributed by atoms with Crippen molar-refractivity contribution in [3.8, 4) is 0 Å². The van der Waals surface area contributed by atoms with Gasteiger partial charge in [0.25, 0.3) is 0 Å². The normalized spacial score (nSPS) is 21.2. The van der Waals surface area contributed by atoms with Crippen molar-refractivity contribution in [1.29, 1.82) is 0 Å². The van der Waals surface area contributed by atoms with Crippen LogP contribution in [-0.2, 0) is 25.4 Å². The van der Waals surface area contributed by atoms with Gasteiger partial charge in [0, 0.05) is 20.8 Å². The molecule has 1 aliphatic rings. The molecule has 0 saturated carbocycles. The van der Waals surface area contributed by atoms with Crippen molar-refractivity contribution in [3.05, 3.63) is 35.9 Å². The number of carbonyl (C=O) groups is 2. The average molecular weight is 421 g/mol. The number of nitrogens with zero attached hydrogens (tertiary/aromatic N) is 1. The Hall–Kier alpha value is -2.12. The molecule has 168 valence electrons. The van der Waals surface area contributed by atoms with Crippen LogP contribution < -0.4 is 5.32 Å². The predicted octanol–water partition coefficient (Wildman–Crippen LogP) is 3.02. The molecule has 0 bridgehead atoms. The summed E-state index contributed by atoms with van der Waals surface area (Å²) in [6.45, 7) is 8.30. The minimum absolute atomic E-state index is 0.0946. The van der Waals surface area contributed by atoms with Crippen LogP contribution in [0.5, 0.6) is 0 Å². The number of amides is 2. The maximum Gasteiger partial charge on any atom is 0.410 e. The number of ether oxygens (including phenoxy) is 3. The molecular weight excluding hydrogens is 384 g/mol. The summed E-state index contributed by atoms with van der Waals surface area (Å²) in [6, 6.07) is 9.71. The van der Waals surface area contributed by atoms with Gasteiger partial charge in [-0.15, -0.1) is 0 Å². The van der Waals surface area contributed by atoms with E-state index >= 15 is 0 Å². The summed E-state index contributed by atoms with van der Waals surface area (Å²) in [5.74, 6) is -0.529. The number of rotatable bonds is 8. The zero-order valence-corrected chi connectivity index (χ0v) is 19.0. The minimum atomic E-state index is -0.601. The third kappa shape index (κ3) is 6.71. The number of benzene rings is 1. The lowest BCUT2D eigenvalue weighted by Gasteiger charge is -2.34. The molecule has 1 aliphatic heterocycles. The van der Waals surface area contributed by atoms with Gasteiger partial charge in [0.05, 0.1) is 30.7 Å². The lowest BCUT2D eigenvalue weighted by atomic mass is 9.94. The molecule has 0 radical (unpaired) electrons. The summed E-state index contributed by atoms with van der Waals surface area (Å²) in [7, 11) is 3.20. The molecule has 7 heteroatoms. The highest BCUT2D eigenvalue weighted by Crippen LogP contribution is 2.29. The largest absolute Gasteiger partial charge is 0.444 e. The summed E-state index contributed by atoms with van der Waals surface area (Å²) in [4.78, 5) is 27.2. The summed E-state index contributed by atoms with van der Waals surface area (Å²) in [5, 5.41) is 2.99. The molecule has 2 amide bonds. The molecule has 30 heavy (non-hydrogen) atoms. The molecule has 7 nitrogen and oxygen atoms in total. The zero-order chi connectivity index (χ0) is 22.3. The molecular formula is C23H36N2O5. The fourth-order valence-corrected chi connectivity index (χ4v) is 3.82. The number of likely N-dealkylation sites (tertiary alicyclic amines) is 1. The second kappa shape index (κ2) is 10.8. The van der Waals surface area contributed by atoms with Gasteiger partial charge < -0.3 is 19.5 Å². The van der Waals surface area contributed by atoms with Gasteiger partial charge in [-0.25, -0.2) is 4.79 Å². The number of hydrogen-bond donors (Lipinski definition) is 1. The standard InChI is InChI=1S/C23H36N2O5/c1-16(21(26)24-13-12-17-10-8-7-9-11-17)20(29-6)19-14-18(28-5)15-25(19)22(27)30-23(2,3)4/h7-11,16,18-20H,12-15H2,1-6H3,(H,24,26)/t16-,18+,19-,20-/m1/s1. The molecule has 1 saturated heterocycles. The fraction of sp³-hybridized carbons (Fsp3) is 0.652. The van der Waals surface area contributed by atoms with E-state index in [2.05, 4.69) is 5.32 Å². The lowest BCUT2D eigenvalue weighted by Crippen LogP contribution is -2.50. The van der Waals surface area contributed by atoms with Crippen molar-refractivity contribution >= 4 is 12.0 Å². The molecule has 2 rings (SSSR count). The number of carbonyl (C=O) groups excluding carboxylic acids is 2. The van der Waals surface area contributed by atoms with E-state index in [4.69, 9.17) is 14.2 Å². The second-order valence-electron chi connectivity index (χ2n) is 8.81. The Balaban J connectivity index is 2.02. The molecule has 0 aliphatic carbocycles. The van der Waals surface area contributed by atoms with Crippen LogP contribution >= 0.6 is 0 Å². The van der Waals surface area contributed by atoms with E-state index in [1.165, 1.54) is 5.56 Å². The summed E-state index contributed by atoms with van der Waals surface area (Å²) in [6.07, 6.45) is 0.361. The summed E-state index contributed by atoms with van der Waals surface area (Å²) < 4.78 is 16.8. The van der Waals surface area contributed by atoms with Crippen LogP contribution in [0.2, 0.25) is 0 Å². The van der Waals surface area contributed by atoms with Crippen molar-refractivity contribution in [2.24, 2.45) is 5.92 Å². The number of methoxy groups -OCH3 is 2. The van der Waals surface area contributed by atoms with Gasteiger partial charge in [-0.2, -0.15) is 0 Å². The maximum atomic E-state index is 12.8. The first-order valence-corrected chi connectivity index (χ1v) is 10.5. The van der Waals surface area contributed by atoms with Gasteiger partial charge in [0.15, 0.2) is 0 Å². The van der Waals surface area contributed by atoms with Crippen LogP contribution in [0.1, 0.15) is 39.7 Å². The molecule has 0 aromatic heterocycles. The Morgan fingerprint density at radius 1 is 1.20 bits per heavy atom. The Labute approximate surface area is 180 Å². The quantitative estimate of drug-likeness (QED) is 0.700. The van der Waals surface area contributed by atoms with E-state index in [1.54, 1.807) is 19.1 Å². The first kappa shape index (κ1) is 24.2. The maximum absolute atomic E-state index is 12.8. The van der Waals surface area contributed by atoms with E-state index in [0.29, 0.717) is 19.5 Å². The molecule has 1 N–H and O–H groups in total. The van der Waals surface area contributed by atoms with Crippen LogP contribution in [0.25, 0.3) is 0 Å². The predicted molar refractivity (Wildman–Crippen MR) is 115 cm³/mol. The van der Waals surface area contributed by atoms with Gasteiger partial charge in [-0.3, -0.25) is 9.69 Å². The third-order valence-corrected chi connectivity index (χ3v) is 5.38. The Bertz CT molecular complexity index is 689. The van der Waals surface area contributed by atoms with Crippen LogP contribution in [0.15, 0.2) is 30.3 Å². The monoisotopic (exact) mass is 420 g/mol. The zero-order valence-electron chi connectivity index (χ0n) is 19.0. The van der Waals surface area contributed by atoms with Gasteiger partial charge in [-0.05, 0) is 39.2 Å². The van der Waals surface area contributed by atoms with Gasteiger partial charge in [0.2, 0.25) is 5.91 Å². The average Bonchev–Trinajstić information content (AvgIpc) is 3.12. The summed E-state index contributed by atoms with van der Waals surface area (Å²) >= 11 is 0. The van der Waals surface area contributed by atoms with Crippen LogP contribution in [0.4, 0.5) is 4.79 Å². The van der Waals surface area contributed by atoms with Crippen molar-refractivity contribution in [3.63, 3.8) is 0 Å². The van der Waals surface area contributed by atoms with Crippen molar-refractivity contribution in [2.75, 3.05) is 27.3 Å². The van der Waals surface area contributed by atoms with E-state index in [0.717, 1.165) is 6.42 Å². The molecule has 1 aromatic rings. The smallest absolute Gasteiger partial charge is 0.410 e. The van der Waals surface area contributed by atoms with Crippen LogP contribution in [-0.4, -0.2) is 68.1 Å². The SMILES string of the molecule is CO[C@H]1C[C@H]([C@H](OC)[C@@H](C)C(=O)NCCc2ccccc2)N(C(=O)OC(C)(C)C)C1. The molecule has 0 spiro atoms. The van der Waals surface area contributed by atoms with Gasteiger partial charge >= 0.3 is 6.09 Å². The lowest BCUT2D eigenvalue weighted by molar-refractivity contribution is -0.130. The molecule has 1 aromatic carbocycles. The van der Waals surface area contributed by atoms with Crippen molar-refractivity contribution in [2.45, 2.75) is 64.4 Å². The van der Waals surface area contributed by atoms with E-state index < -0.39 is 23.7 Å². The van der Waals surface area contributed by atoms with E-state index in [9.17, 15) is 9.59 Å². The highest BCUT2D eigenvalue weighted by atomic mass is 16.6. The van der Waals surface area contributed by atoms with Gasteiger partial charge in [-0.1, -0.05) is 37.3 Å². The highest BCUT2D eigenvalue weighted by molar-refractivity contribution is 5.79. The highest BCUT2D eigenvalue weighted by Gasteiger charge is 2.45. The number of hydrogen-bond acceptors (Lipinski definition) is 5. The first-order chi connectivity index (χ1) is 14.2. The minimum Gasteiger partial charge on any atom is -0.444 e. The topological polar surface area (TPSA) is 77.1 Å². The Morgan fingerprint density at radius 3 is 2.43 bits per heavy atom. The van der Waals surface area contributed by atoms with Crippen molar-refractivity contribution in [1.82, 2.24) is 10.2 Å². The molecule has 1 heterocycles. The Kier molecular flexibility index (Phi) is 8.67. The molecule has 4 atom stereocenters. The molecule has 0 unspecified atom stereocenters. The third-order valence-electron chi connectivity index (χ3n) is 5.38. The molecule has 1 fully saturated rings.